The molecule has 2 aliphatic rings. The molecule has 38 heavy (non-hydrogen) atoms. The van der Waals surface area contributed by atoms with Crippen LogP contribution in [0.5, 0.6) is 0 Å². The van der Waals surface area contributed by atoms with Gasteiger partial charge in [-0.15, -0.1) is 11.3 Å². The third-order valence-corrected chi connectivity index (χ3v) is 8.31. The van der Waals surface area contributed by atoms with Crippen molar-refractivity contribution in [1.82, 2.24) is 14.7 Å². The Bertz CT molecular complexity index is 1260. The zero-order chi connectivity index (χ0) is 26.8. The Hall–Kier alpha value is -3.85. The number of aliphatic carboxylic acids is 1. The zero-order valence-corrected chi connectivity index (χ0v) is 22.4. The topological polar surface area (TPSA) is 84.4 Å². The Morgan fingerprint density at radius 3 is 2.13 bits per heavy atom. The van der Waals surface area contributed by atoms with Crippen molar-refractivity contribution < 1.29 is 19.5 Å². The number of carboxylic acids is 1. The van der Waals surface area contributed by atoms with E-state index in [1.54, 1.807) is 26.0 Å². The van der Waals surface area contributed by atoms with Gasteiger partial charge in [-0.25, -0.2) is 14.4 Å². The van der Waals surface area contributed by atoms with Crippen LogP contribution in [-0.4, -0.2) is 69.1 Å². The molecule has 2 saturated heterocycles. The van der Waals surface area contributed by atoms with Crippen molar-refractivity contribution in [3.05, 3.63) is 82.6 Å². The van der Waals surface area contributed by atoms with E-state index in [1.165, 1.54) is 9.78 Å². The van der Waals surface area contributed by atoms with Crippen molar-refractivity contribution in [1.29, 1.82) is 0 Å². The number of likely N-dealkylation sites (tertiary alicyclic amines) is 1. The number of thiophene rings is 1. The lowest BCUT2D eigenvalue weighted by molar-refractivity contribution is -0.145. The summed E-state index contributed by atoms with van der Waals surface area (Å²) >= 11 is 1.65. The number of carboxylic acid groups (broad SMARTS) is 1. The molecule has 3 heterocycles. The molecule has 0 radical (unpaired) electrons. The van der Waals surface area contributed by atoms with Crippen molar-refractivity contribution in [2.24, 2.45) is 0 Å². The van der Waals surface area contributed by atoms with E-state index < -0.39 is 24.1 Å². The number of para-hydroxylation sites is 2. The minimum absolute atomic E-state index is 0.162. The van der Waals surface area contributed by atoms with Crippen LogP contribution in [0.4, 0.5) is 21.0 Å². The Balaban J connectivity index is 1.44. The molecule has 198 valence electrons. The van der Waals surface area contributed by atoms with Crippen LogP contribution in [0.15, 0.2) is 72.1 Å². The van der Waals surface area contributed by atoms with E-state index >= 15 is 0 Å². The summed E-state index contributed by atoms with van der Waals surface area (Å²) in [6.07, 6.45) is 1.21. The molecule has 2 aromatic carbocycles. The summed E-state index contributed by atoms with van der Waals surface area (Å²) in [7, 11) is 0. The smallest absolute Gasteiger partial charge is 0.329 e. The normalized spacial score (nSPS) is 20.3. The van der Waals surface area contributed by atoms with Crippen LogP contribution in [0.3, 0.4) is 0 Å². The van der Waals surface area contributed by atoms with Gasteiger partial charge in [0.2, 0.25) is 0 Å². The molecule has 1 N–H and O–H groups in total. The highest BCUT2D eigenvalue weighted by molar-refractivity contribution is 7.10. The molecular weight excluding hydrogens is 500 g/mol. The molecule has 0 spiro atoms. The number of urea groups is 2. The van der Waals surface area contributed by atoms with E-state index in [0.717, 1.165) is 5.56 Å². The Kier molecular flexibility index (Phi) is 7.37. The average Bonchev–Trinajstić information content (AvgIpc) is 3.48. The molecule has 2 aliphatic heterocycles. The third-order valence-electron chi connectivity index (χ3n) is 7.40. The third kappa shape index (κ3) is 4.86. The number of anilines is 2. The van der Waals surface area contributed by atoms with Gasteiger partial charge in [0.25, 0.3) is 0 Å². The monoisotopic (exact) mass is 532 g/mol. The minimum atomic E-state index is -1.14. The predicted molar refractivity (Wildman–Crippen MR) is 148 cm³/mol. The van der Waals surface area contributed by atoms with Crippen LogP contribution in [0.1, 0.15) is 30.2 Å². The number of carbonyl (C=O) groups is 3. The number of amides is 4. The summed E-state index contributed by atoms with van der Waals surface area (Å²) in [5.74, 6) is -1.10. The van der Waals surface area contributed by atoms with Crippen LogP contribution in [0, 0.1) is 6.92 Å². The first-order chi connectivity index (χ1) is 18.4. The molecule has 0 saturated carbocycles. The lowest BCUT2D eigenvalue weighted by Crippen LogP contribution is -2.67. The SMILES string of the molecule is CCN(Cc1csc(C)c1)C(=O)N1[C@H]2CC[C@@H]1[C@@H](C(=O)O)N(C(=O)N(c1ccccc1)c1ccccc1)C2. The van der Waals surface area contributed by atoms with Crippen molar-refractivity contribution in [2.45, 2.75) is 51.4 Å². The number of hydrogen-bond donors (Lipinski definition) is 1. The Morgan fingerprint density at radius 1 is 0.974 bits per heavy atom. The molecule has 2 fully saturated rings. The van der Waals surface area contributed by atoms with E-state index in [9.17, 15) is 19.5 Å². The zero-order valence-electron chi connectivity index (χ0n) is 21.6. The summed E-state index contributed by atoms with van der Waals surface area (Å²) in [6, 6.07) is 18.0. The van der Waals surface area contributed by atoms with Gasteiger partial charge in [-0.2, -0.15) is 0 Å². The largest absolute Gasteiger partial charge is 0.480 e. The molecule has 0 unspecified atom stereocenters. The number of nitrogens with zero attached hydrogens (tertiary/aromatic N) is 4. The highest BCUT2D eigenvalue weighted by atomic mass is 32.1. The highest BCUT2D eigenvalue weighted by Gasteiger charge is 2.54. The first kappa shape index (κ1) is 25.8. The van der Waals surface area contributed by atoms with Crippen molar-refractivity contribution >= 4 is 40.7 Å². The molecule has 3 atom stereocenters. The van der Waals surface area contributed by atoms with Gasteiger partial charge in [-0.05, 0) is 68.0 Å². The molecule has 1 aromatic heterocycles. The summed E-state index contributed by atoms with van der Waals surface area (Å²) in [6.45, 7) is 5.13. The molecular formula is C29H32N4O4S. The van der Waals surface area contributed by atoms with Crippen LogP contribution < -0.4 is 4.90 Å². The second-order valence-corrected chi connectivity index (χ2v) is 10.9. The van der Waals surface area contributed by atoms with Gasteiger partial charge in [-0.3, -0.25) is 4.90 Å². The van der Waals surface area contributed by atoms with Gasteiger partial charge in [0.05, 0.1) is 23.5 Å². The van der Waals surface area contributed by atoms with Crippen LogP contribution in [0.25, 0.3) is 0 Å². The van der Waals surface area contributed by atoms with Crippen molar-refractivity contribution in [2.75, 3.05) is 18.0 Å². The van der Waals surface area contributed by atoms with Crippen LogP contribution in [-0.2, 0) is 11.3 Å². The van der Waals surface area contributed by atoms with E-state index in [4.69, 9.17) is 0 Å². The quantitative estimate of drug-likeness (QED) is 0.451. The fraction of sp³-hybridized carbons (Fsp3) is 0.345. The maximum Gasteiger partial charge on any atom is 0.329 e. The van der Waals surface area contributed by atoms with Gasteiger partial charge < -0.3 is 19.8 Å². The van der Waals surface area contributed by atoms with Gasteiger partial charge in [-0.1, -0.05) is 36.4 Å². The number of rotatable bonds is 6. The van der Waals surface area contributed by atoms with Gasteiger partial charge in [0, 0.05) is 24.5 Å². The average molecular weight is 533 g/mol. The lowest BCUT2D eigenvalue weighted by atomic mass is 10.0. The molecule has 8 nitrogen and oxygen atoms in total. The standard InChI is InChI=1S/C29H32N4O4S/c1-3-30(17-21-16-20(2)38-19-21)28(36)33-24-14-15-25(33)26(27(34)35)31(18-24)29(37)32(22-10-6-4-7-11-22)23-12-8-5-9-13-23/h4-13,16,19,24-26H,3,14-15,17-18H2,1-2H3,(H,34,35)/t24-,25+,26-/m0/s1. The van der Waals surface area contributed by atoms with Gasteiger partial charge >= 0.3 is 18.0 Å². The van der Waals surface area contributed by atoms with Crippen molar-refractivity contribution in [3.63, 3.8) is 0 Å². The summed E-state index contributed by atoms with van der Waals surface area (Å²) in [5, 5.41) is 12.4. The number of benzene rings is 2. The molecule has 3 aromatic rings. The first-order valence-corrected chi connectivity index (χ1v) is 13.8. The van der Waals surface area contributed by atoms with Crippen molar-refractivity contribution in [3.8, 4) is 0 Å². The maximum absolute atomic E-state index is 14.1. The van der Waals surface area contributed by atoms with Gasteiger partial charge in [0.15, 0.2) is 6.04 Å². The Morgan fingerprint density at radius 2 is 1.61 bits per heavy atom. The number of carbonyl (C=O) groups excluding carboxylic acids is 2. The predicted octanol–water partition coefficient (Wildman–Crippen LogP) is 5.56. The summed E-state index contributed by atoms with van der Waals surface area (Å²) < 4.78 is 0. The second-order valence-electron chi connectivity index (χ2n) is 9.79. The number of piperazine rings is 1. The van der Waals surface area contributed by atoms with Crippen LogP contribution in [0.2, 0.25) is 0 Å². The van der Waals surface area contributed by atoms with E-state index in [2.05, 4.69) is 11.4 Å². The number of aryl methyl sites for hydroxylation is 1. The summed E-state index contributed by atoms with van der Waals surface area (Å²) in [4.78, 5) is 48.3. The number of fused-ring (bicyclic) bond motifs is 2. The lowest BCUT2D eigenvalue weighted by Gasteiger charge is -2.47. The maximum atomic E-state index is 14.1. The van der Waals surface area contributed by atoms with E-state index in [1.807, 2.05) is 74.5 Å². The minimum Gasteiger partial charge on any atom is -0.480 e. The molecule has 9 heteroatoms. The molecule has 2 bridgehead atoms. The highest BCUT2D eigenvalue weighted by Crippen LogP contribution is 2.38. The summed E-state index contributed by atoms with van der Waals surface area (Å²) in [5.41, 5.74) is 2.38. The molecule has 5 rings (SSSR count). The molecule has 0 aliphatic carbocycles. The fourth-order valence-electron chi connectivity index (χ4n) is 5.67. The second kappa shape index (κ2) is 10.9. The van der Waals surface area contributed by atoms with Gasteiger partial charge in [0.1, 0.15) is 0 Å². The van der Waals surface area contributed by atoms with E-state index in [0.29, 0.717) is 37.3 Å². The Labute approximate surface area is 226 Å². The van der Waals surface area contributed by atoms with Crippen LogP contribution >= 0.6 is 11.3 Å². The molecule has 4 amide bonds. The fourth-order valence-corrected chi connectivity index (χ4v) is 6.37. The first-order valence-electron chi connectivity index (χ1n) is 12.9. The van der Waals surface area contributed by atoms with E-state index in [-0.39, 0.29) is 18.6 Å². The number of hydrogen-bond acceptors (Lipinski definition) is 4.